The van der Waals surface area contributed by atoms with Gasteiger partial charge in [-0.3, -0.25) is 4.79 Å². The Morgan fingerprint density at radius 2 is 1.86 bits per heavy atom. The molecule has 0 unspecified atom stereocenters. The number of carbonyl (C=O) groups excluding carboxylic acids is 1. The van der Waals surface area contributed by atoms with Gasteiger partial charge < -0.3 is 10.0 Å². The second-order valence-electron chi connectivity index (χ2n) is 5.71. The van der Waals surface area contributed by atoms with E-state index in [4.69, 9.17) is 5.11 Å². The Hall–Kier alpha value is -1.91. The predicted molar refractivity (Wildman–Crippen MR) is 79.3 cm³/mol. The van der Waals surface area contributed by atoms with Crippen LogP contribution < -0.4 is 0 Å². The van der Waals surface area contributed by atoms with E-state index < -0.39 is 5.97 Å². The molecule has 0 bridgehead atoms. The minimum Gasteiger partial charge on any atom is -0.477 e. The van der Waals surface area contributed by atoms with Gasteiger partial charge in [-0.05, 0) is 43.7 Å². The summed E-state index contributed by atoms with van der Waals surface area (Å²) in [4.78, 5) is 29.0. The quantitative estimate of drug-likeness (QED) is 0.925. The Labute approximate surface area is 125 Å². The van der Waals surface area contributed by atoms with Gasteiger partial charge in [0.1, 0.15) is 11.4 Å². The summed E-state index contributed by atoms with van der Waals surface area (Å²) in [6, 6.07) is 4.76. The van der Waals surface area contributed by atoms with Crippen LogP contribution in [0, 0.1) is 5.92 Å². The monoisotopic (exact) mass is 290 g/mol. The first kappa shape index (κ1) is 15.5. The molecule has 21 heavy (non-hydrogen) atoms. The number of pyridine rings is 1. The van der Waals surface area contributed by atoms with E-state index >= 15 is 0 Å². The van der Waals surface area contributed by atoms with Crippen molar-refractivity contribution in [2.75, 3.05) is 7.05 Å². The van der Waals surface area contributed by atoms with Crippen LogP contribution in [-0.2, 0) is 0 Å². The molecule has 0 aliphatic heterocycles. The van der Waals surface area contributed by atoms with Gasteiger partial charge in [-0.2, -0.15) is 0 Å². The molecule has 1 fully saturated rings. The van der Waals surface area contributed by atoms with Gasteiger partial charge in [-0.1, -0.05) is 19.4 Å². The lowest BCUT2D eigenvalue weighted by atomic mass is 9.84. The van der Waals surface area contributed by atoms with E-state index in [1.54, 1.807) is 24.1 Å². The van der Waals surface area contributed by atoms with Crippen LogP contribution in [0.1, 0.15) is 60.0 Å². The molecule has 1 heterocycles. The van der Waals surface area contributed by atoms with Crippen molar-refractivity contribution >= 4 is 11.9 Å². The average molecular weight is 290 g/mol. The molecule has 5 nitrogen and oxygen atoms in total. The second kappa shape index (κ2) is 6.70. The number of rotatable bonds is 4. The van der Waals surface area contributed by atoms with Gasteiger partial charge >= 0.3 is 5.97 Å². The number of hydrogen-bond donors (Lipinski definition) is 1. The fraction of sp³-hybridized carbons (Fsp3) is 0.562. The van der Waals surface area contributed by atoms with Crippen LogP contribution in [0.3, 0.4) is 0 Å². The summed E-state index contributed by atoms with van der Waals surface area (Å²) >= 11 is 0. The average Bonchev–Trinajstić information content (AvgIpc) is 2.53. The van der Waals surface area contributed by atoms with E-state index in [1.807, 2.05) is 0 Å². The molecule has 0 radical (unpaired) electrons. The van der Waals surface area contributed by atoms with Crippen molar-refractivity contribution in [2.24, 2.45) is 5.92 Å². The molecule has 0 saturated heterocycles. The van der Waals surface area contributed by atoms with E-state index in [2.05, 4.69) is 11.9 Å². The molecule has 2 rings (SSSR count). The third-order valence-corrected chi connectivity index (χ3v) is 4.45. The maximum Gasteiger partial charge on any atom is 0.354 e. The molecule has 1 saturated carbocycles. The Bertz CT molecular complexity index is 522. The van der Waals surface area contributed by atoms with Crippen LogP contribution in [0.15, 0.2) is 18.2 Å². The van der Waals surface area contributed by atoms with Crippen LogP contribution in [0.4, 0.5) is 0 Å². The van der Waals surface area contributed by atoms with Crippen molar-refractivity contribution in [3.05, 3.63) is 29.6 Å². The lowest BCUT2D eigenvalue weighted by Crippen LogP contribution is -2.39. The van der Waals surface area contributed by atoms with E-state index in [9.17, 15) is 9.59 Å². The van der Waals surface area contributed by atoms with Crippen LogP contribution in [0.5, 0.6) is 0 Å². The third-order valence-electron chi connectivity index (χ3n) is 4.45. The third kappa shape index (κ3) is 3.60. The molecule has 1 aliphatic rings. The number of hydrogen-bond acceptors (Lipinski definition) is 3. The first-order chi connectivity index (χ1) is 10.0. The van der Waals surface area contributed by atoms with Crippen LogP contribution in [0.2, 0.25) is 0 Å². The predicted octanol–water partition coefficient (Wildman–Crippen LogP) is 2.82. The fourth-order valence-electron chi connectivity index (χ4n) is 2.96. The van der Waals surface area contributed by atoms with E-state index in [0.29, 0.717) is 0 Å². The highest BCUT2D eigenvalue weighted by atomic mass is 16.4. The molecule has 1 amide bonds. The normalized spacial score (nSPS) is 21.8. The van der Waals surface area contributed by atoms with E-state index in [1.165, 1.54) is 12.5 Å². The fourth-order valence-corrected chi connectivity index (χ4v) is 2.96. The van der Waals surface area contributed by atoms with Gasteiger partial charge in [-0.25, -0.2) is 9.78 Å². The number of aromatic nitrogens is 1. The number of carbonyl (C=O) groups is 2. The van der Waals surface area contributed by atoms with Gasteiger partial charge in [0.15, 0.2) is 0 Å². The number of carboxylic acid groups (broad SMARTS) is 1. The largest absolute Gasteiger partial charge is 0.477 e. The van der Waals surface area contributed by atoms with Crippen molar-refractivity contribution in [1.29, 1.82) is 0 Å². The van der Waals surface area contributed by atoms with Gasteiger partial charge in [0.05, 0.1) is 0 Å². The zero-order chi connectivity index (χ0) is 15.4. The summed E-state index contributed by atoms with van der Waals surface area (Å²) in [5, 5.41) is 8.95. The summed E-state index contributed by atoms with van der Waals surface area (Å²) in [6.45, 7) is 2.21. The number of carboxylic acids is 1. The topological polar surface area (TPSA) is 70.5 Å². The zero-order valence-corrected chi connectivity index (χ0v) is 12.6. The Morgan fingerprint density at radius 3 is 2.43 bits per heavy atom. The van der Waals surface area contributed by atoms with Crippen molar-refractivity contribution < 1.29 is 14.7 Å². The van der Waals surface area contributed by atoms with Crippen molar-refractivity contribution in [1.82, 2.24) is 9.88 Å². The van der Waals surface area contributed by atoms with Gasteiger partial charge in [0.25, 0.3) is 5.91 Å². The van der Waals surface area contributed by atoms with Crippen LogP contribution in [0.25, 0.3) is 0 Å². The molecule has 0 aromatic carbocycles. The summed E-state index contributed by atoms with van der Waals surface area (Å²) in [7, 11) is 1.79. The SMILES string of the molecule is CCC1CCC(N(C)C(=O)c2cccc(C(=O)O)n2)CC1. The number of aromatic carboxylic acids is 1. The van der Waals surface area contributed by atoms with Crippen molar-refractivity contribution in [3.63, 3.8) is 0 Å². The van der Waals surface area contributed by atoms with Gasteiger partial charge in [-0.15, -0.1) is 0 Å². The van der Waals surface area contributed by atoms with Crippen LogP contribution in [-0.4, -0.2) is 40.0 Å². The minimum atomic E-state index is -1.12. The Balaban J connectivity index is 2.06. The maximum atomic E-state index is 12.4. The van der Waals surface area contributed by atoms with Gasteiger partial charge in [0.2, 0.25) is 0 Å². The molecule has 1 N–H and O–H groups in total. The molecule has 1 aromatic rings. The Kier molecular flexibility index (Phi) is 4.94. The van der Waals surface area contributed by atoms with Crippen LogP contribution >= 0.6 is 0 Å². The number of amides is 1. The molecule has 0 spiro atoms. The van der Waals surface area contributed by atoms with Crippen molar-refractivity contribution in [3.8, 4) is 0 Å². The highest BCUT2D eigenvalue weighted by Gasteiger charge is 2.27. The molecule has 1 aromatic heterocycles. The summed E-state index contributed by atoms with van der Waals surface area (Å²) in [5.41, 5.74) is 0.110. The zero-order valence-electron chi connectivity index (χ0n) is 12.6. The molecule has 0 atom stereocenters. The second-order valence-corrected chi connectivity index (χ2v) is 5.71. The Morgan fingerprint density at radius 1 is 1.24 bits per heavy atom. The van der Waals surface area contributed by atoms with Gasteiger partial charge in [0, 0.05) is 13.1 Å². The molecule has 1 aliphatic carbocycles. The smallest absolute Gasteiger partial charge is 0.354 e. The standard InChI is InChI=1S/C16H22N2O3/c1-3-11-7-9-12(10-8-11)18(2)15(19)13-5-4-6-14(17-13)16(20)21/h4-6,11-12H,3,7-10H2,1-2H3,(H,20,21). The summed E-state index contributed by atoms with van der Waals surface area (Å²) < 4.78 is 0. The van der Waals surface area contributed by atoms with Crippen molar-refractivity contribution in [2.45, 2.75) is 45.1 Å². The first-order valence-electron chi connectivity index (χ1n) is 7.50. The highest BCUT2D eigenvalue weighted by molar-refractivity contribution is 5.94. The van der Waals surface area contributed by atoms with E-state index in [0.717, 1.165) is 31.6 Å². The highest BCUT2D eigenvalue weighted by Crippen LogP contribution is 2.29. The molecular formula is C16H22N2O3. The minimum absolute atomic E-state index is 0.0936. The maximum absolute atomic E-state index is 12.4. The number of nitrogens with zero attached hydrogens (tertiary/aromatic N) is 2. The lowest BCUT2D eigenvalue weighted by molar-refractivity contribution is 0.0667. The molecular weight excluding hydrogens is 268 g/mol. The lowest BCUT2D eigenvalue weighted by Gasteiger charge is -2.34. The molecule has 114 valence electrons. The summed E-state index contributed by atoms with van der Waals surface area (Å²) in [5.74, 6) is -0.535. The van der Waals surface area contributed by atoms with E-state index in [-0.39, 0.29) is 23.3 Å². The first-order valence-corrected chi connectivity index (χ1v) is 7.50. The summed E-state index contributed by atoms with van der Waals surface area (Å²) in [6.07, 6.45) is 5.54. The molecule has 5 heteroatoms.